The molecule has 0 fully saturated rings. The molecule has 6 aromatic rings. The van der Waals surface area contributed by atoms with E-state index in [1.54, 1.807) is 12.1 Å². The van der Waals surface area contributed by atoms with Crippen LogP contribution in [0, 0.1) is 6.92 Å². The molecule has 0 unspecified atom stereocenters. The van der Waals surface area contributed by atoms with Crippen molar-refractivity contribution in [1.82, 2.24) is 0 Å². The molecule has 0 radical (unpaired) electrons. The van der Waals surface area contributed by atoms with Crippen LogP contribution in [0.25, 0.3) is 0 Å². The van der Waals surface area contributed by atoms with Crippen LogP contribution in [0.1, 0.15) is 42.2 Å². The summed E-state index contributed by atoms with van der Waals surface area (Å²) in [5, 5.41) is 5.62. The van der Waals surface area contributed by atoms with Gasteiger partial charge in [-0.15, -0.1) is 0 Å². The monoisotopic (exact) mass is 914 g/mol. The zero-order valence-corrected chi connectivity index (χ0v) is 36.3. The van der Waals surface area contributed by atoms with Crippen LogP contribution in [-0.4, -0.2) is 35.7 Å². The third kappa shape index (κ3) is 15.1. The molecule has 61 heavy (non-hydrogen) atoms. The van der Waals surface area contributed by atoms with E-state index in [9.17, 15) is 26.2 Å². The minimum atomic E-state index is -5.72. The van der Waals surface area contributed by atoms with Gasteiger partial charge in [-0.2, -0.15) is 21.6 Å². The van der Waals surface area contributed by atoms with Crippen LogP contribution in [0.5, 0.6) is 11.5 Å². The van der Waals surface area contributed by atoms with Crippen LogP contribution < -0.4 is 40.6 Å². The summed E-state index contributed by atoms with van der Waals surface area (Å²) in [5.74, 6) is -0.427. The average Bonchev–Trinajstić information content (AvgIpc) is 3.20. The molecule has 13 heteroatoms. The first-order chi connectivity index (χ1) is 27.0. The van der Waals surface area contributed by atoms with E-state index in [2.05, 4.69) is 52.7 Å². The zero-order valence-electron chi connectivity index (χ0n) is 32.7. The first-order valence-corrected chi connectivity index (χ1v) is 25.9. The van der Waals surface area contributed by atoms with Gasteiger partial charge in [0.25, 0.3) is 0 Å². The second kappa shape index (κ2) is 25.4. The Morgan fingerprint density at radius 3 is 1.41 bits per heavy atom. The van der Waals surface area contributed by atoms with Crippen molar-refractivity contribution in [2.75, 3.05) is 13.7 Å². The lowest BCUT2D eigenvalue weighted by molar-refractivity contribution is -0.0500. The average molecular weight is 915 g/mol. The van der Waals surface area contributed by atoms with Crippen molar-refractivity contribution in [3.63, 3.8) is 0 Å². The summed E-state index contributed by atoms with van der Waals surface area (Å²) in [5.41, 5.74) is -4.36. The highest BCUT2D eigenvalue weighted by atomic mass is 32.2. The molecule has 0 saturated heterocycles. The lowest BCUT2D eigenvalue weighted by atomic mass is 10.2. The summed E-state index contributed by atoms with van der Waals surface area (Å²) in [4.78, 5) is 0. The Morgan fingerprint density at radius 1 is 0.623 bits per heavy atom. The number of halogens is 3. The summed E-state index contributed by atoms with van der Waals surface area (Å²) in [6, 6.07) is 52.8. The fourth-order valence-corrected chi connectivity index (χ4v) is 12.1. The fraction of sp³-hybridized carbons (Fsp3) is 0.250. The van der Waals surface area contributed by atoms with Gasteiger partial charge in [-0.3, -0.25) is 0 Å². The largest absolute Gasteiger partial charge is 0.534 e. The second-order valence-electron chi connectivity index (χ2n) is 13.6. The number of hydrogen-bond acceptors (Lipinski definition) is 6. The molecular weight excluding hydrogens is 852 g/mol. The molecule has 332 valence electrons. The van der Waals surface area contributed by atoms with Crippen molar-refractivity contribution in [1.29, 1.82) is 0 Å². The van der Waals surface area contributed by atoms with E-state index in [0.717, 1.165) is 28.1 Å². The van der Waals surface area contributed by atoms with Crippen molar-refractivity contribution in [3.8, 4) is 11.5 Å². The van der Waals surface area contributed by atoms with Crippen molar-refractivity contribution < 1.29 is 39.6 Å². The molecule has 6 aromatic carbocycles. The molecule has 0 amide bonds. The Labute approximate surface area is 366 Å². The van der Waals surface area contributed by atoms with Gasteiger partial charge in [-0.25, -0.2) is 0 Å². The normalized spacial score (nSPS) is 11.0. The van der Waals surface area contributed by atoms with Crippen molar-refractivity contribution in [2.45, 2.75) is 68.7 Å². The number of methoxy groups -OCH3 is 1. The SMILES string of the molecule is C.C.C.C.CCOP(c1ccccc1)c1ccccc1.COc1cccc([Si](C)(C)C)c1OS(=O)(=O)C(F)(F)F.Cc1cccc(P(=O)(c2ccccc2)c2ccccc2)c1. The van der Waals surface area contributed by atoms with Gasteiger partial charge in [0.15, 0.2) is 18.6 Å². The molecule has 0 aliphatic carbocycles. The maximum Gasteiger partial charge on any atom is 0.534 e. The maximum absolute atomic E-state index is 14.0. The number of rotatable bonds is 11. The lowest BCUT2D eigenvalue weighted by Crippen LogP contribution is -2.40. The molecule has 0 N–H and O–H groups in total. The molecule has 6 nitrogen and oxygen atoms in total. The predicted molar refractivity (Wildman–Crippen MR) is 260 cm³/mol. The van der Waals surface area contributed by atoms with Crippen molar-refractivity contribution in [3.05, 3.63) is 169 Å². The molecule has 0 saturated carbocycles. The van der Waals surface area contributed by atoms with E-state index in [1.807, 2.05) is 131 Å². The van der Waals surface area contributed by atoms with Gasteiger partial charge in [0.2, 0.25) is 0 Å². The van der Waals surface area contributed by atoms with Gasteiger partial charge >= 0.3 is 15.6 Å². The van der Waals surface area contributed by atoms with Crippen LogP contribution in [0.15, 0.2) is 164 Å². The number of aryl methyl sites for hydroxylation is 1. The molecular formula is C48H63F3O6P2SSi. The quantitative estimate of drug-likeness (QED) is 0.0558. The zero-order chi connectivity index (χ0) is 41.7. The van der Waals surface area contributed by atoms with E-state index < -0.39 is 39.0 Å². The van der Waals surface area contributed by atoms with Gasteiger partial charge in [-0.1, -0.05) is 207 Å². The molecule has 0 atom stereocenters. The van der Waals surface area contributed by atoms with E-state index in [-0.39, 0.29) is 41.2 Å². The summed E-state index contributed by atoms with van der Waals surface area (Å²) in [7, 11) is -10.1. The van der Waals surface area contributed by atoms with Crippen LogP contribution in [0.4, 0.5) is 13.2 Å². The van der Waals surface area contributed by atoms with Gasteiger partial charge in [0, 0.05) is 33.1 Å². The first-order valence-electron chi connectivity index (χ1n) is 18.0. The van der Waals surface area contributed by atoms with Crippen LogP contribution >= 0.6 is 15.3 Å². The molecule has 0 heterocycles. The number of ether oxygens (including phenoxy) is 1. The highest BCUT2D eigenvalue weighted by Crippen LogP contribution is 2.42. The topological polar surface area (TPSA) is 78.9 Å². The van der Waals surface area contributed by atoms with Gasteiger partial charge in [0.05, 0.1) is 23.3 Å². The van der Waals surface area contributed by atoms with Gasteiger partial charge in [-0.05, 0) is 31.2 Å². The number of para-hydroxylation sites is 1. The highest BCUT2D eigenvalue weighted by Gasteiger charge is 2.49. The Balaban J connectivity index is 0.000000864. The van der Waals surface area contributed by atoms with Gasteiger partial charge < -0.3 is 18.0 Å². The van der Waals surface area contributed by atoms with Crippen LogP contribution in [0.2, 0.25) is 19.6 Å². The van der Waals surface area contributed by atoms with Crippen LogP contribution in [-0.2, 0) is 19.2 Å². The summed E-state index contributed by atoms with van der Waals surface area (Å²) < 4.78 is 88.7. The smallest absolute Gasteiger partial charge is 0.493 e. The van der Waals surface area contributed by atoms with Gasteiger partial charge in [0.1, 0.15) is 0 Å². The first kappa shape index (κ1) is 56.5. The Kier molecular flexibility index (Phi) is 23.6. The molecule has 0 bridgehead atoms. The Bertz CT molecular complexity index is 2230. The minimum absolute atomic E-state index is 0. The number of benzene rings is 6. The lowest BCUT2D eigenvalue weighted by Gasteiger charge is -2.22. The minimum Gasteiger partial charge on any atom is -0.493 e. The second-order valence-corrected chi connectivity index (χ2v) is 24.8. The maximum atomic E-state index is 14.0. The number of hydrogen-bond donors (Lipinski definition) is 0. The van der Waals surface area contributed by atoms with E-state index >= 15 is 0 Å². The summed E-state index contributed by atoms with van der Waals surface area (Å²) in [6.45, 7) is 10.4. The molecule has 0 aromatic heterocycles. The molecule has 0 aliphatic heterocycles. The van der Waals surface area contributed by atoms with Crippen molar-refractivity contribution in [2.24, 2.45) is 0 Å². The van der Waals surface area contributed by atoms with E-state index in [1.165, 1.54) is 23.8 Å². The Morgan fingerprint density at radius 2 is 1.03 bits per heavy atom. The third-order valence-electron chi connectivity index (χ3n) is 8.33. The fourth-order valence-electron chi connectivity index (χ4n) is 5.61. The summed E-state index contributed by atoms with van der Waals surface area (Å²) in [6.07, 6.45) is 0. The highest BCUT2D eigenvalue weighted by molar-refractivity contribution is 7.88. The molecule has 6 rings (SSSR count). The van der Waals surface area contributed by atoms with E-state index in [0.29, 0.717) is 5.19 Å². The predicted octanol–water partition coefficient (Wildman–Crippen LogP) is 11.7. The van der Waals surface area contributed by atoms with Crippen molar-refractivity contribution >= 4 is 65.2 Å². The Hall–Kier alpha value is -4.50. The molecule has 0 spiro atoms. The number of alkyl halides is 3. The van der Waals surface area contributed by atoms with Crippen LogP contribution in [0.3, 0.4) is 0 Å². The summed E-state index contributed by atoms with van der Waals surface area (Å²) >= 11 is 0. The standard InChI is InChI=1S/C19H17OP.C14H15OP.C11H15F3O4SSi.4CH4/c1-16-9-8-14-19(15-16)21(20,17-10-4-2-5-11-17)18-12-6-3-7-13-18;1-2-15-16(13-9-5-3-6-10-13)14-11-7-4-8-12-14;1-17-8-6-5-7-9(20(2,3)4)10(8)18-19(15,16)11(12,13)14;;;;/h2-15H,1H3;3-12H,2H2,1H3;5-7H,1-4H3;4*1H4. The third-order valence-corrected chi connectivity index (χ3v) is 16.4. The molecule has 0 aliphatic rings. The van der Waals surface area contributed by atoms with E-state index in [4.69, 9.17) is 9.26 Å².